The minimum atomic E-state index is -1.42. The number of carbonyl (C=O) groups is 1. The van der Waals surface area contributed by atoms with Crippen LogP contribution in [0.25, 0.3) is 11.1 Å². The SMILES string of the molecule is CON1C(=O)c2cccc(-c3ccc(Cl)cc3)c2[C@]1(Cc1ccc(Cl)cn1)C(O)Cc1cccc[n+]1[O-]. The normalized spacial score (nSPS) is 17.6. The zero-order valence-corrected chi connectivity index (χ0v) is 21.4. The molecule has 0 aliphatic carbocycles. The molecule has 37 heavy (non-hydrogen) atoms. The van der Waals surface area contributed by atoms with E-state index in [9.17, 15) is 15.1 Å². The second kappa shape index (κ2) is 10.1. The van der Waals surface area contributed by atoms with Gasteiger partial charge >= 0.3 is 0 Å². The lowest BCUT2D eigenvalue weighted by Gasteiger charge is -2.41. The molecule has 2 aromatic heterocycles. The number of hydrogen-bond donors (Lipinski definition) is 1. The first-order valence-corrected chi connectivity index (χ1v) is 12.3. The van der Waals surface area contributed by atoms with E-state index in [4.69, 9.17) is 28.0 Å². The third-order valence-electron chi connectivity index (χ3n) is 6.71. The van der Waals surface area contributed by atoms with Crippen LogP contribution < -0.4 is 4.73 Å². The van der Waals surface area contributed by atoms with Gasteiger partial charge in [0.15, 0.2) is 11.9 Å². The number of fused-ring (bicyclic) bond motifs is 1. The van der Waals surface area contributed by atoms with Gasteiger partial charge in [-0.25, -0.2) is 5.06 Å². The number of hydrogen-bond acceptors (Lipinski definition) is 5. The van der Waals surface area contributed by atoms with E-state index >= 15 is 0 Å². The number of hydroxylamine groups is 2. The maximum atomic E-state index is 13.7. The lowest BCUT2D eigenvalue weighted by atomic mass is 9.76. The molecule has 1 N–H and O–H groups in total. The highest BCUT2D eigenvalue weighted by Gasteiger charge is 2.57. The van der Waals surface area contributed by atoms with E-state index < -0.39 is 17.6 Å². The lowest BCUT2D eigenvalue weighted by Crippen LogP contribution is -2.55. The second-order valence-corrected chi connectivity index (χ2v) is 9.70. The maximum Gasteiger partial charge on any atom is 0.278 e. The molecule has 188 valence electrons. The van der Waals surface area contributed by atoms with Gasteiger partial charge in [0.1, 0.15) is 5.54 Å². The zero-order chi connectivity index (χ0) is 26.2. The summed E-state index contributed by atoms with van der Waals surface area (Å²) in [5.41, 5.74) is 2.04. The third kappa shape index (κ3) is 4.45. The van der Waals surface area contributed by atoms with Gasteiger partial charge in [0.25, 0.3) is 5.91 Å². The van der Waals surface area contributed by atoms with Gasteiger partial charge in [-0.3, -0.25) is 14.6 Å². The molecule has 9 heteroatoms. The minimum absolute atomic E-state index is 0.0422. The van der Waals surface area contributed by atoms with E-state index in [1.807, 2.05) is 18.2 Å². The first-order chi connectivity index (χ1) is 17.8. The number of aliphatic hydroxyl groups is 1. The van der Waals surface area contributed by atoms with Crippen molar-refractivity contribution in [2.75, 3.05) is 7.11 Å². The van der Waals surface area contributed by atoms with Crippen LogP contribution in [0.1, 0.15) is 27.3 Å². The number of aliphatic hydroxyl groups excluding tert-OH is 1. The molecule has 5 rings (SSSR count). The van der Waals surface area contributed by atoms with Gasteiger partial charge in [0.2, 0.25) is 0 Å². The van der Waals surface area contributed by atoms with Crippen molar-refractivity contribution in [1.82, 2.24) is 10.0 Å². The number of carbonyl (C=O) groups excluding carboxylic acids is 1. The summed E-state index contributed by atoms with van der Waals surface area (Å²) in [6.07, 6.45) is 1.70. The largest absolute Gasteiger partial charge is 0.619 e. The average Bonchev–Trinajstić information content (AvgIpc) is 3.15. The van der Waals surface area contributed by atoms with Crippen molar-refractivity contribution in [3.63, 3.8) is 0 Å². The molecule has 0 radical (unpaired) electrons. The van der Waals surface area contributed by atoms with E-state index in [2.05, 4.69) is 4.98 Å². The molecule has 0 fully saturated rings. The Morgan fingerprint density at radius 3 is 2.43 bits per heavy atom. The number of benzene rings is 2. The topological polar surface area (TPSA) is 89.6 Å². The van der Waals surface area contributed by atoms with Crippen LogP contribution in [-0.4, -0.2) is 34.3 Å². The molecule has 2 atom stereocenters. The number of amides is 1. The predicted molar refractivity (Wildman–Crippen MR) is 140 cm³/mol. The summed E-state index contributed by atoms with van der Waals surface area (Å²) in [5.74, 6) is -0.399. The molecular formula is C28H23Cl2N3O4. The Bertz CT molecular complexity index is 1450. The minimum Gasteiger partial charge on any atom is -0.619 e. The van der Waals surface area contributed by atoms with Crippen molar-refractivity contribution in [1.29, 1.82) is 0 Å². The highest BCUT2D eigenvalue weighted by molar-refractivity contribution is 6.30. The summed E-state index contributed by atoms with van der Waals surface area (Å²) >= 11 is 12.2. The quantitative estimate of drug-likeness (QED) is 0.272. The first kappa shape index (κ1) is 25.2. The van der Waals surface area contributed by atoms with Crippen molar-refractivity contribution in [3.8, 4) is 11.1 Å². The van der Waals surface area contributed by atoms with Crippen LogP contribution in [-0.2, 0) is 23.2 Å². The van der Waals surface area contributed by atoms with Gasteiger partial charge in [-0.2, -0.15) is 4.73 Å². The van der Waals surface area contributed by atoms with Gasteiger partial charge in [-0.05, 0) is 41.5 Å². The Kier molecular flexibility index (Phi) is 6.88. The first-order valence-electron chi connectivity index (χ1n) is 11.6. The van der Waals surface area contributed by atoms with Crippen LogP contribution in [0.4, 0.5) is 0 Å². The molecule has 1 amide bonds. The van der Waals surface area contributed by atoms with Crippen molar-refractivity contribution < 1.29 is 19.5 Å². The summed E-state index contributed by atoms with van der Waals surface area (Å²) in [6, 6.07) is 21.1. The van der Waals surface area contributed by atoms with E-state index in [1.54, 1.807) is 54.6 Å². The standard InChI is InChI=1S/C28H23Cl2N3O4/c1-37-33-27(35)24-7-4-6-23(18-8-10-19(29)11-9-18)26(24)28(33,16-21-13-12-20(30)17-31-21)25(34)15-22-5-2-3-14-32(22)36/h2-14,17,25,34H,15-16H2,1H3/t25?,28-/m0/s1. The number of nitrogens with zero attached hydrogens (tertiary/aromatic N) is 3. The molecular weight excluding hydrogens is 513 g/mol. The summed E-state index contributed by atoms with van der Waals surface area (Å²) < 4.78 is 0.706. The van der Waals surface area contributed by atoms with Gasteiger partial charge in [-0.1, -0.05) is 53.5 Å². The van der Waals surface area contributed by atoms with Crippen LogP contribution in [0.15, 0.2) is 85.2 Å². The monoisotopic (exact) mass is 535 g/mol. The maximum absolute atomic E-state index is 13.7. The van der Waals surface area contributed by atoms with Crippen molar-refractivity contribution >= 4 is 29.1 Å². The molecule has 0 saturated carbocycles. The molecule has 4 aromatic rings. The zero-order valence-electron chi connectivity index (χ0n) is 19.8. The summed E-state index contributed by atoms with van der Waals surface area (Å²) in [4.78, 5) is 23.8. The van der Waals surface area contributed by atoms with Crippen molar-refractivity contribution in [2.45, 2.75) is 24.5 Å². The van der Waals surface area contributed by atoms with E-state index in [-0.39, 0.29) is 12.8 Å². The Balaban J connectivity index is 1.76. The Morgan fingerprint density at radius 1 is 1.03 bits per heavy atom. The Hall–Kier alpha value is -3.49. The fraction of sp³-hybridized carbons (Fsp3) is 0.179. The van der Waals surface area contributed by atoms with Crippen molar-refractivity contribution in [2.24, 2.45) is 0 Å². The van der Waals surface area contributed by atoms with E-state index in [0.717, 1.165) is 11.1 Å². The van der Waals surface area contributed by atoms with Crippen LogP contribution in [0, 0.1) is 5.21 Å². The Morgan fingerprint density at radius 2 is 1.76 bits per heavy atom. The molecule has 0 bridgehead atoms. The molecule has 2 aromatic carbocycles. The van der Waals surface area contributed by atoms with Crippen molar-refractivity contribution in [3.05, 3.63) is 123 Å². The van der Waals surface area contributed by atoms with Crippen LogP contribution in [0.5, 0.6) is 0 Å². The molecule has 7 nitrogen and oxygen atoms in total. The highest BCUT2D eigenvalue weighted by atomic mass is 35.5. The van der Waals surface area contributed by atoms with Gasteiger partial charge in [0, 0.05) is 46.6 Å². The fourth-order valence-corrected chi connectivity index (χ4v) is 5.30. The van der Waals surface area contributed by atoms with Crippen LogP contribution >= 0.6 is 23.2 Å². The number of halogens is 2. The number of pyridine rings is 2. The van der Waals surface area contributed by atoms with Gasteiger partial charge in [-0.15, -0.1) is 0 Å². The summed E-state index contributed by atoms with van der Waals surface area (Å²) in [6.45, 7) is 0. The summed E-state index contributed by atoms with van der Waals surface area (Å²) in [7, 11) is 1.39. The van der Waals surface area contributed by atoms with Gasteiger partial charge in [0.05, 0.1) is 24.7 Å². The average molecular weight is 536 g/mol. The predicted octanol–water partition coefficient (Wildman–Crippen LogP) is 4.75. The smallest absolute Gasteiger partial charge is 0.278 e. The van der Waals surface area contributed by atoms with Crippen LogP contribution in [0.2, 0.25) is 10.0 Å². The van der Waals surface area contributed by atoms with Crippen LogP contribution in [0.3, 0.4) is 0 Å². The molecule has 1 unspecified atom stereocenters. The third-order valence-corrected chi connectivity index (χ3v) is 7.19. The second-order valence-electron chi connectivity index (χ2n) is 8.82. The Labute approximate surface area is 224 Å². The van der Waals surface area contributed by atoms with E-state index in [0.29, 0.717) is 37.3 Å². The molecule has 0 saturated heterocycles. The molecule has 0 spiro atoms. The summed E-state index contributed by atoms with van der Waals surface area (Å²) in [5, 5.41) is 26.7. The van der Waals surface area contributed by atoms with Gasteiger partial charge < -0.3 is 10.3 Å². The number of rotatable bonds is 7. The molecule has 1 aliphatic rings. The fourth-order valence-electron chi connectivity index (χ4n) is 5.06. The highest BCUT2D eigenvalue weighted by Crippen LogP contribution is 2.49. The lowest BCUT2D eigenvalue weighted by molar-refractivity contribution is -0.614. The molecule has 3 heterocycles. The number of aromatic nitrogens is 2. The molecule has 1 aliphatic heterocycles. The van der Waals surface area contributed by atoms with E-state index in [1.165, 1.54) is 24.6 Å².